The molecule has 0 aliphatic carbocycles. The van der Waals surface area contributed by atoms with E-state index in [1.807, 2.05) is 13.1 Å². The minimum Gasteiger partial charge on any atom is -0.359 e. The molecule has 2 aromatic rings. The molecule has 6 heteroatoms. The summed E-state index contributed by atoms with van der Waals surface area (Å²) < 4.78 is 26.1. The lowest BCUT2D eigenvalue weighted by Gasteiger charge is -2.12. The van der Waals surface area contributed by atoms with E-state index in [9.17, 15) is 8.78 Å². The van der Waals surface area contributed by atoms with E-state index in [-0.39, 0.29) is 11.9 Å². The molecule has 0 fully saturated rings. The van der Waals surface area contributed by atoms with Crippen molar-refractivity contribution >= 4 is 17.2 Å². The number of pyridine rings is 1. The third kappa shape index (κ3) is 2.81. The highest BCUT2D eigenvalue weighted by molar-refractivity contribution is 7.11. The minimum absolute atomic E-state index is 0.0390. The van der Waals surface area contributed by atoms with Gasteiger partial charge in [-0.1, -0.05) is 6.92 Å². The lowest BCUT2D eigenvalue weighted by molar-refractivity contribution is 0.574. The highest BCUT2D eigenvalue weighted by Gasteiger charge is 2.13. The van der Waals surface area contributed by atoms with Gasteiger partial charge in [-0.3, -0.25) is 0 Å². The fourth-order valence-electron chi connectivity index (χ4n) is 1.47. The van der Waals surface area contributed by atoms with Gasteiger partial charge in [0.25, 0.3) is 0 Å². The molecule has 0 aliphatic heterocycles. The summed E-state index contributed by atoms with van der Waals surface area (Å²) in [7, 11) is 0. The van der Waals surface area contributed by atoms with Crippen LogP contribution in [-0.2, 0) is 6.42 Å². The summed E-state index contributed by atoms with van der Waals surface area (Å²) in [6, 6.07) is 0.643. The smallest absolute Gasteiger partial charge is 0.168 e. The molecular formula is C12H13F2N3S. The molecule has 2 aromatic heterocycles. The first-order valence-corrected chi connectivity index (χ1v) is 6.44. The number of aromatic nitrogens is 2. The fraction of sp³-hybridized carbons (Fsp3) is 0.333. The molecule has 0 aromatic carbocycles. The van der Waals surface area contributed by atoms with Crippen LogP contribution in [0.2, 0.25) is 0 Å². The van der Waals surface area contributed by atoms with Crippen LogP contribution < -0.4 is 5.32 Å². The minimum atomic E-state index is -0.700. The van der Waals surface area contributed by atoms with Crippen LogP contribution in [0, 0.1) is 11.6 Å². The topological polar surface area (TPSA) is 37.8 Å². The van der Waals surface area contributed by atoms with Gasteiger partial charge in [-0.05, 0) is 13.3 Å². The second-order valence-corrected chi connectivity index (χ2v) is 5.02. The zero-order chi connectivity index (χ0) is 13.1. The Morgan fingerprint density at radius 2 is 2.11 bits per heavy atom. The van der Waals surface area contributed by atoms with E-state index in [1.165, 1.54) is 4.88 Å². The van der Waals surface area contributed by atoms with Crippen molar-refractivity contribution in [1.82, 2.24) is 9.97 Å². The summed E-state index contributed by atoms with van der Waals surface area (Å²) >= 11 is 1.57. The van der Waals surface area contributed by atoms with Crippen molar-refractivity contribution in [3.63, 3.8) is 0 Å². The normalized spacial score (nSPS) is 12.4. The van der Waals surface area contributed by atoms with Crippen LogP contribution in [0.3, 0.4) is 0 Å². The summed E-state index contributed by atoms with van der Waals surface area (Å²) in [4.78, 5) is 9.12. The maximum atomic E-state index is 13.4. The van der Waals surface area contributed by atoms with Crippen LogP contribution in [0.4, 0.5) is 14.6 Å². The number of halogens is 2. The van der Waals surface area contributed by atoms with Gasteiger partial charge in [0, 0.05) is 17.1 Å². The van der Waals surface area contributed by atoms with Gasteiger partial charge >= 0.3 is 0 Å². The Labute approximate surface area is 108 Å². The van der Waals surface area contributed by atoms with Gasteiger partial charge in [-0.15, -0.1) is 11.3 Å². The van der Waals surface area contributed by atoms with E-state index in [4.69, 9.17) is 0 Å². The highest BCUT2D eigenvalue weighted by atomic mass is 32.1. The van der Waals surface area contributed by atoms with Crippen molar-refractivity contribution < 1.29 is 8.78 Å². The quantitative estimate of drug-likeness (QED) is 0.922. The SMILES string of the molecule is CCc1cnc(C(C)Nc2ncc(F)cc2F)s1. The number of hydrogen-bond acceptors (Lipinski definition) is 4. The van der Waals surface area contributed by atoms with E-state index in [2.05, 4.69) is 22.2 Å². The molecule has 2 rings (SSSR count). The maximum Gasteiger partial charge on any atom is 0.168 e. The summed E-state index contributed by atoms with van der Waals surface area (Å²) in [6.07, 6.45) is 3.72. The lowest BCUT2D eigenvalue weighted by atomic mass is 10.3. The Balaban J connectivity index is 2.13. The van der Waals surface area contributed by atoms with E-state index < -0.39 is 11.6 Å². The van der Waals surface area contributed by atoms with Crippen molar-refractivity contribution in [3.05, 3.63) is 40.0 Å². The predicted molar refractivity (Wildman–Crippen MR) is 67.7 cm³/mol. The zero-order valence-electron chi connectivity index (χ0n) is 10.1. The summed E-state index contributed by atoms with van der Waals surface area (Å²) in [5.41, 5.74) is 0. The van der Waals surface area contributed by atoms with E-state index in [0.29, 0.717) is 0 Å². The van der Waals surface area contributed by atoms with Crippen LogP contribution in [0.5, 0.6) is 0 Å². The van der Waals surface area contributed by atoms with Crippen molar-refractivity contribution in [2.24, 2.45) is 0 Å². The molecule has 1 unspecified atom stereocenters. The van der Waals surface area contributed by atoms with Gasteiger partial charge in [-0.2, -0.15) is 0 Å². The molecule has 0 saturated carbocycles. The van der Waals surface area contributed by atoms with Gasteiger partial charge in [-0.25, -0.2) is 18.7 Å². The summed E-state index contributed by atoms with van der Waals surface area (Å²) in [5.74, 6) is -1.35. The van der Waals surface area contributed by atoms with Crippen LogP contribution in [0.15, 0.2) is 18.5 Å². The van der Waals surface area contributed by atoms with Gasteiger partial charge < -0.3 is 5.32 Å². The Morgan fingerprint density at radius 1 is 1.33 bits per heavy atom. The van der Waals surface area contributed by atoms with E-state index in [0.717, 1.165) is 23.7 Å². The molecule has 0 spiro atoms. The number of hydrogen-bond donors (Lipinski definition) is 1. The molecule has 18 heavy (non-hydrogen) atoms. The highest BCUT2D eigenvalue weighted by Crippen LogP contribution is 2.24. The number of nitrogens with zero attached hydrogens (tertiary/aromatic N) is 2. The summed E-state index contributed by atoms with van der Waals surface area (Å²) in [5, 5.41) is 3.74. The molecule has 1 atom stereocenters. The zero-order valence-corrected chi connectivity index (χ0v) is 10.9. The molecule has 0 aliphatic rings. The average Bonchev–Trinajstić information content (AvgIpc) is 2.81. The molecule has 0 bridgehead atoms. The van der Waals surface area contributed by atoms with Crippen LogP contribution in [0.25, 0.3) is 0 Å². The molecular weight excluding hydrogens is 256 g/mol. The second kappa shape index (κ2) is 5.39. The Hall–Kier alpha value is -1.56. The Morgan fingerprint density at radius 3 is 2.72 bits per heavy atom. The Bertz CT molecular complexity index is 542. The molecule has 1 N–H and O–H groups in total. The lowest BCUT2D eigenvalue weighted by Crippen LogP contribution is -2.09. The van der Waals surface area contributed by atoms with Crippen molar-refractivity contribution in [2.45, 2.75) is 26.3 Å². The van der Waals surface area contributed by atoms with Crippen LogP contribution >= 0.6 is 11.3 Å². The molecule has 0 saturated heterocycles. The first-order chi connectivity index (χ1) is 8.60. The van der Waals surface area contributed by atoms with Gasteiger partial charge in [0.15, 0.2) is 11.6 Å². The number of anilines is 1. The Kier molecular flexibility index (Phi) is 3.86. The summed E-state index contributed by atoms with van der Waals surface area (Å²) in [6.45, 7) is 3.92. The molecule has 96 valence electrons. The first kappa shape index (κ1) is 12.9. The predicted octanol–water partition coefficient (Wildman–Crippen LogP) is 3.55. The number of nitrogens with one attached hydrogen (secondary N) is 1. The van der Waals surface area contributed by atoms with Crippen molar-refractivity contribution in [1.29, 1.82) is 0 Å². The molecule has 0 amide bonds. The van der Waals surface area contributed by atoms with E-state index in [1.54, 1.807) is 11.3 Å². The van der Waals surface area contributed by atoms with Crippen molar-refractivity contribution in [2.75, 3.05) is 5.32 Å². The van der Waals surface area contributed by atoms with Crippen molar-refractivity contribution in [3.8, 4) is 0 Å². The fourth-order valence-corrected chi connectivity index (χ4v) is 2.33. The second-order valence-electron chi connectivity index (χ2n) is 3.87. The molecule has 3 nitrogen and oxygen atoms in total. The number of aryl methyl sites for hydroxylation is 1. The number of thiazole rings is 1. The third-order valence-corrected chi connectivity index (χ3v) is 3.78. The van der Waals surface area contributed by atoms with Gasteiger partial charge in [0.05, 0.1) is 12.2 Å². The van der Waals surface area contributed by atoms with Gasteiger partial charge in [0.2, 0.25) is 0 Å². The molecule has 0 radical (unpaired) electrons. The average molecular weight is 269 g/mol. The van der Waals surface area contributed by atoms with E-state index >= 15 is 0 Å². The van der Waals surface area contributed by atoms with Crippen LogP contribution in [-0.4, -0.2) is 9.97 Å². The van der Waals surface area contributed by atoms with Crippen LogP contribution in [0.1, 0.15) is 29.8 Å². The molecule has 2 heterocycles. The standard InChI is InChI=1S/C12H13F2N3S/c1-3-9-6-16-12(18-9)7(2)17-11-10(14)4-8(13)5-15-11/h4-7H,3H2,1-2H3,(H,15,17). The third-order valence-electron chi connectivity index (χ3n) is 2.45. The van der Waals surface area contributed by atoms with Gasteiger partial charge in [0.1, 0.15) is 10.8 Å². The monoisotopic (exact) mass is 269 g/mol. The number of rotatable bonds is 4. The first-order valence-electron chi connectivity index (χ1n) is 5.62. The largest absolute Gasteiger partial charge is 0.359 e. The maximum absolute atomic E-state index is 13.4.